The summed E-state index contributed by atoms with van der Waals surface area (Å²) in [5, 5.41) is 16.2. The molecule has 0 aliphatic rings. The van der Waals surface area contributed by atoms with Crippen LogP contribution in [0.15, 0.2) is 46.1 Å². The fourth-order valence-corrected chi connectivity index (χ4v) is 3.40. The third-order valence-corrected chi connectivity index (χ3v) is 4.73. The van der Waals surface area contributed by atoms with Crippen molar-refractivity contribution >= 4 is 17.5 Å². The van der Waals surface area contributed by atoms with Crippen molar-refractivity contribution in [3.8, 4) is 5.82 Å². The van der Waals surface area contributed by atoms with Crippen LogP contribution >= 0.6 is 11.8 Å². The molecule has 24 heavy (non-hydrogen) atoms. The van der Waals surface area contributed by atoms with Crippen LogP contribution in [-0.2, 0) is 0 Å². The Bertz CT molecular complexity index is 898. The lowest BCUT2D eigenvalue weighted by molar-refractivity contribution is -0.645. The van der Waals surface area contributed by atoms with Crippen molar-refractivity contribution in [2.45, 2.75) is 25.8 Å². The summed E-state index contributed by atoms with van der Waals surface area (Å²) in [6, 6.07) is 8.81. The average molecular weight is 343 g/mol. The molecular weight excluding hydrogens is 326 g/mol. The number of carbonyl (C=O) groups excluding carboxylic acids is 1. The summed E-state index contributed by atoms with van der Waals surface area (Å²) in [5.74, 6) is 1.55. The molecule has 0 aromatic carbocycles. The number of hydrogen-bond donors (Lipinski definition) is 0. The summed E-state index contributed by atoms with van der Waals surface area (Å²) in [6.07, 6.45) is 1.42. The molecule has 0 aliphatic carbocycles. The minimum atomic E-state index is -0.0246. The molecule has 3 heterocycles. The third-order valence-electron chi connectivity index (χ3n) is 3.72. The van der Waals surface area contributed by atoms with Gasteiger partial charge in [0.2, 0.25) is 0 Å². The average Bonchev–Trinajstić information content (AvgIpc) is 3.09. The summed E-state index contributed by atoms with van der Waals surface area (Å²) < 4.78 is 7.78. The van der Waals surface area contributed by atoms with Crippen molar-refractivity contribution < 1.29 is 14.0 Å². The van der Waals surface area contributed by atoms with E-state index in [1.54, 1.807) is 18.2 Å². The number of aryl methyl sites for hydroxylation is 2. The molecule has 7 heteroatoms. The number of hydrogen-bond acceptors (Lipinski definition) is 5. The molecule has 0 unspecified atom stereocenters. The normalized spacial score (nSPS) is 11.0. The van der Waals surface area contributed by atoms with Gasteiger partial charge in [0.15, 0.2) is 17.8 Å². The Morgan fingerprint density at radius 1 is 1.33 bits per heavy atom. The lowest BCUT2D eigenvalue weighted by Crippen LogP contribution is -2.28. The van der Waals surface area contributed by atoms with Gasteiger partial charge in [-0.05, 0) is 44.7 Å². The van der Waals surface area contributed by atoms with E-state index in [0.29, 0.717) is 22.2 Å². The Hall–Kier alpha value is -2.54. The molecule has 124 valence electrons. The van der Waals surface area contributed by atoms with E-state index in [1.807, 2.05) is 37.5 Å². The molecule has 0 amide bonds. The predicted molar refractivity (Wildman–Crippen MR) is 90.5 cm³/mol. The van der Waals surface area contributed by atoms with E-state index in [9.17, 15) is 10.0 Å². The summed E-state index contributed by atoms with van der Waals surface area (Å²) in [5.41, 5.74) is 2.36. The number of carbonyl (C=O) groups is 1. The zero-order chi connectivity index (χ0) is 17.3. The van der Waals surface area contributed by atoms with Crippen LogP contribution < -0.4 is 4.73 Å². The van der Waals surface area contributed by atoms with Crippen molar-refractivity contribution in [1.29, 1.82) is 0 Å². The molecule has 3 rings (SSSR count). The first kappa shape index (κ1) is 16.3. The number of ketones is 1. The Balaban J connectivity index is 1.82. The van der Waals surface area contributed by atoms with Crippen molar-refractivity contribution in [3.05, 3.63) is 64.4 Å². The molecule has 0 radical (unpaired) electrons. The molecule has 0 fully saturated rings. The second-order valence-electron chi connectivity index (χ2n) is 5.49. The third kappa shape index (κ3) is 3.07. The van der Waals surface area contributed by atoms with E-state index in [0.717, 1.165) is 16.1 Å². The lowest BCUT2D eigenvalue weighted by atomic mass is 10.2. The second-order valence-corrected chi connectivity index (χ2v) is 6.49. The summed E-state index contributed by atoms with van der Waals surface area (Å²) in [6.45, 7) is 5.63. The lowest BCUT2D eigenvalue weighted by Gasteiger charge is -2.05. The highest BCUT2D eigenvalue weighted by molar-refractivity contribution is 7.99. The Morgan fingerprint density at radius 2 is 2.12 bits per heavy atom. The van der Waals surface area contributed by atoms with E-state index in [-0.39, 0.29) is 11.5 Å². The molecule has 0 spiro atoms. The molecule has 0 saturated heterocycles. The largest absolute Gasteiger partial charge is 0.618 e. The van der Waals surface area contributed by atoms with Crippen LogP contribution in [0.3, 0.4) is 0 Å². The van der Waals surface area contributed by atoms with Crippen molar-refractivity contribution in [3.63, 3.8) is 0 Å². The first-order valence-electron chi connectivity index (χ1n) is 7.44. The van der Waals surface area contributed by atoms with Gasteiger partial charge in [-0.1, -0.05) is 5.16 Å². The van der Waals surface area contributed by atoms with Gasteiger partial charge in [0.1, 0.15) is 5.76 Å². The van der Waals surface area contributed by atoms with Crippen LogP contribution in [0.5, 0.6) is 0 Å². The quantitative estimate of drug-likeness (QED) is 0.308. The fourth-order valence-electron chi connectivity index (χ4n) is 2.60. The zero-order valence-electron chi connectivity index (χ0n) is 13.6. The number of rotatable bonds is 5. The summed E-state index contributed by atoms with van der Waals surface area (Å²) >= 11 is 1.23. The maximum absolute atomic E-state index is 12.6. The molecule has 0 N–H and O–H groups in total. The van der Waals surface area contributed by atoms with Gasteiger partial charge in [-0.3, -0.25) is 9.36 Å². The number of thioether (sulfide) groups is 1. The first-order chi connectivity index (χ1) is 11.5. The van der Waals surface area contributed by atoms with Crippen molar-refractivity contribution in [2.24, 2.45) is 0 Å². The highest BCUT2D eigenvalue weighted by Crippen LogP contribution is 2.23. The predicted octanol–water partition coefficient (Wildman–Crippen LogP) is 3.00. The van der Waals surface area contributed by atoms with E-state index in [2.05, 4.69) is 5.16 Å². The molecule has 0 atom stereocenters. The topological polar surface area (TPSA) is 75.0 Å². The summed E-state index contributed by atoms with van der Waals surface area (Å²) in [4.78, 5) is 12.6. The molecular formula is C17H17N3O3S. The molecule has 3 aromatic heterocycles. The van der Waals surface area contributed by atoms with E-state index in [4.69, 9.17) is 4.52 Å². The first-order valence-corrected chi connectivity index (χ1v) is 8.42. The van der Waals surface area contributed by atoms with Gasteiger partial charge in [0.05, 0.1) is 5.75 Å². The molecule has 6 nitrogen and oxygen atoms in total. The van der Waals surface area contributed by atoms with Crippen LogP contribution in [0, 0.1) is 26.0 Å². The smallest absolute Gasteiger partial charge is 0.251 e. The minimum absolute atomic E-state index is 0.0246. The Kier molecular flexibility index (Phi) is 4.44. The highest BCUT2D eigenvalue weighted by atomic mass is 32.2. The number of nitrogens with zero attached hydrogens (tertiary/aromatic N) is 3. The standard InChI is InChI=1S/C17H17N3O3S/c1-11-8-14(13(3)20(11)16-9-12(2)23-18-16)15(21)10-24-17-6-4-5-7-19(17)22/h4-9H,10H2,1-3H3. The van der Waals surface area contributed by atoms with Crippen molar-refractivity contribution in [2.75, 3.05) is 5.75 Å². The van der Waals surface area contributed by atoms with Gasteiger partial charge < -0.3 is 9.73 Å². The minimum Gasteiger partial charge on any atom is -0.618 e. The van der Waals surface area contributed by atoms with Crippen LogP contribution in [0.2, 0.25) is 0 Å². The Labute approximate surface area is 143 Å². The van der Waals surface area contributed by atoms with Crippen LogP contribution in [0.1, 0.15) is 27.5 Å². The second kappa shape index (κ2) is 6.52. The van der Waals surface area contributed by atoms with Crippen LogP contribution in [0.25, 0.3) is 5.82 Å². The van der Waals surface area contributed by atoms with Gasteiger partial charge in [-0.25, -0.2) is 0 Å². The highest BCUT2D eigenvalue weighted by Gasteiger charge is 2.19. The zero-order valence-corrected chi connectivity index (χ0v) is 14.5. The number of Topliss-reactive ketones (excluding diaryl/α,β-unsaturated/α-hetero) is 1. The molecule has 3 aromatic rings. The van der Waals surface area contributed by atoms with Gasteiger partial charge >= 0.3 is 0 Å². The monoisotopic (exact) mass is 343 g/mol. The van der Waals surface area contributed by atoms with Crippen molar-refractivity contribution in [1.82, 2.24) is 9.72 Å². The van der Waals surface area contributed by atoms with Gasteiger partial charge in [0.25, 0.3) is 5.03 Å². The van der Waals surface area contributed by atoms with Crippen LogP contribution in [-0.4, -0.2) is 21.3 Å². The maximum atomic E-state index is 12.6. The van der Waals surface area contributed by atoms with Gasteiger partial charge in [-0.2, -0.15) is 4.73 Å². The summed E-state index contributed by atoms with van der Waals surface area (Å²) in [7, 11) is 0. The van der Waals surface area contributed by atoms with Gasteiger partial charge in [-0.15, -0.1) is 0 Å². The van der Waals surface area contributed by atoms with E-state index < -0.39 is 0 Å². The molecule has 0 saturated carbocycles. The number of aromatic nitrogens is 3. The fraction of sp³-hybridized carbons (Fsp3) is 0.235. The molecule has 0 bridgehead atoms. The van der Waals surface area contributed by atoms with E-state index in [1.165, 1.54) is 18.0 Å². The van der Waals surface area contributed by atoms with Crippen LogP contribution in [0.4, 0.5) is 0 Å². The molecule has 0 aliphatic heterocycles. The SMILES string of the molecule is Cc1cc(-n2c(C)cc(C(=O)CSc3cccc[n+]3[O-])c2C)no1. The number of pyridine rings is 1. The Morgan fingerprint density at radius 3 is 2.79 bits per heavy atom. The maximum Gasteiger partial charge on any atom is 0.251 e. The van der Waals surface area contributed by atoms with E-state index >= 15 is 0 Å². The van der Waals surface area contributed by atoms with Gasteiger partial charge in [0, 0.05) is 35.2 Å².